The van der Waals surface area contributed by atoms with Crippen LogP contribution in [0.25, 0.3) is 0 Å². The highest BCUT2D eigenvalue weighted by atomic mass is 35.5. The van der Waals surface area contributed by atoms with Crippen LogP contribution in [-0.4, -0.2) is 135 Å². The average Bonchev–Trinajstić information content (AvgIpc) is 3.19. The highest BCUT2D eigenvalue weighted by Gasteiger charge is 2.10. The number of halogens is 1. The van der Waals surface area contributed by atoms with Gasteiger partial charge in [-0.15, -0.1) is 11.6 Å². The lowest BCUT2D eigenvalue weighted by atomic mass is 10.2. The molecule has 0 radical (unpaired) electrons. The van der Waals surface area contributed by atoms with Crippen LogP contribution in [0.4, 0.5) is 22.7 Å². The number of benzene rings is 4. The number of aliphatic hydroxyl groups excluding tert-OH is 1. The highest BCUT2D eigenvalue weighted by Crippen LogP contribution is 2.23. The Labute approximate surface area is 385 Å². The largest absolute Gasteiger partial charge is 0.508 e. The van der Waals surface area contributed by atoms with Crippen molar-refractivity contribution >= 4 is 34.4 Å². The van der Waals surface area contributed by atoms with E-state index in [4.69, 9.17) is 41.8 Å². The Hall–Kier alpha value is -5.79. The van der Waals surface area contributed by atoms with Crippen molar-refractivity contribution in [2.45, 2.75) is 49.0 Å². The maximum Gasteiger partial charge on any atom is 0.273 e. The minimum absolute atomic E-state index is 0. The van der Waals surface area contributed by atoms with Crippen molar-refractivity contribution in [1.29, 1.82) is 0 Å². The molecule has 0 aliphatic heterocycles. The van der Waals surface area contributed by atoms with Gasteiger partial charge < -0.3 is 44.9 Å². The summed E-state index contributed by atoms with van der Waals surface area (Å²) in [6.07, 6.45) is 0. The number of hydrogen-bond acceptors (Lipinski definition) is 15. The first kappa shape index (κ1) is 64.8. The standard InChI is InChI=1S/C11H16N2O3.C11H18N2O.C8H9NO3.C7H7NO3.C4H10ClN.C2H6.CH4O.CH4/c1-9-6-10(13(14)15)8-11(7-9)16-5-4-12(2)3;1-9-6-10(12)8-11(7-9)14-5-4-13(2)3;1-6-3-7(9(10)11)5-8(4-6)12-2;1-5-2-6(8(10)11)4-7(9)3-5;1-6(2)4-3-5;2*1-2;/h6-8H,4-5H2,1-3H3;6-8H,4-5,12H2,1-3H3;3-5H,1-2H3;2-4,9H,1H3;3-4H2,1-2H3;1-2H3;2H,1H3;1H4. The maximum atomic E-state index is 10.6. The predicted octanol–water partition coefficient (Wildman–Crippen LogP) is 8.94. The zero-order valence-electron chi connectivity index (χ0n) is 39.4. The second-order valence-corrected chi connectivity index (χ2v) is 14.3. The molecular weight excluding hydrogens is 850 g/mol. The number of phenolic OH excluding ortho intramolecular Hbond substituents is 1. The lowest BCUT2D eigenvalue weighted by Gasteiger charge is -2.11. The minimum Gasteiger partial charge on any atom is -0.508 e. The number of non-ortho nitro benzene ring substituents is 3. The number of nitrogen functional groups attached to an aromatic ring is 1. The molecule has 0 aliphatic rings. The van der Waals surface area contributed by atoms with E-state index in [0.29, 0.717) is 30.3 Å². The van der Waals surface area contributed by atoms with Crippen LogP contribution in [0.3, 0.4) is 0 Å². The molecule has 362 valence electrons. The fourth-order valence-electron chi connectivity index (χ4n) is 4.44. The van der Waals surface area contributed by atoms with Gasteiger partial charge in [-0.3, -0.25) is 30.3 Å². The molecule has 4 rings (SSSR count). The van der Waals surface area contributed by atoms with Crippen LogP contribution < -0.4 is 19.9 Å². The Morgan fingerprint density at radius 1 is 0.562 bits per heavy atom. The van der Waals surface area contributed by atoms with Crippen LogP contribution in [0.5, 0.6) is 23.0 Å². The number of aryl methyl sites for hydroxylation is 4. The van der Waals surface area contributed by atoms with E-state index in [2.05, 4.69) is 4.90 Å². The minimum atomic E-state index is -0.535. The van der Waals surface area contributed by atoms with Crippen molar-refractivity contribution in [3.63, 3.8) is 0 Å². The molecule has 0 aromatic heterocycles. The number of likely N-dealkylation sites (N-methyl/N-ethyl adjacent to an activating group) is 2. The van der Waals surface area contributed by atoms with Crippen molar-refractivity contribution in [3.05, 3.63) is 125 Å². The molecule has 18 nitrogen and oxygen atoms in total. The molecule has 0 aliphatic carbocycles. The molecule has 0 saturated carbocycles. The monoisotopic (exact) mass is 924 g/mol. The van der Waals surface area contributed by atoms with Crippen LogP contribution >= 0.6 is 11.6 Å². The summed E-state index contributed by atoms with van der Waals surface area (Å²) in [6, 6.07) is 19.2. The molecule has 4 aromatic carbocycles. The lowest BCUT2D eigenvalue weighted by Crippen LogP contribution is -2.19. The maximum absolute atomic E-state index is 10.6. The Kier molecular flexibility index (Phi) is 38.2. The van der Waals surface area contributed by atoms with Gasteiger partial charge in [-0.1, -0.05) is 21.3 Å². The van der Waals surface area contributed by atoms with E-state index in [1.54, 1.807) is 26.0 Å². The first-order chi connectivity index (χ1) is 29.6. The van der Waals surface area contributed by atoms with E-state index in [1.807, 2.05) is 98.0 Å². The molecule has 0 bridgehead atoms. The number of alkyl halides is 1. The SMILES string of the molecule is C.CC.CN(C)CCCl.CO.COc1cc(C)cc([N+](=O)[O-])c1.Cc1cc(N)cc(OCCN(C)C)c1.Cc1cc(O)cc([N+](=O)[O-])c1.Cc1cc(OCCN(C)C)cc([N+](=O)[O-])c1. The van der Waals surface area contributed by atoms with Gasteiger partial charge >= 0.3 is 0 Å². The zero-order chi connectivity index (χ0) is 49.2. The summed E-state index contributed by atoms with van der Waals surface area (Å²) < 4.78 is 15.9. The number of ether oxygens (including phenoxy) is 3. The van der Waals surface area contributed by atoms with E-state index in [0.717, 1.165) is 66.8 Å². The van der Waals surface area contributed by atoms with Gasteiger partial charge in [0.15, 0.2) is 0 Å². The summed E-state index contributed by atoms with van der Waals surface area (Å²) in [5.74, 6) is 2.57. The average molecular weight is 925 g/mol. The summed E-state index contributed by atoms with van der Waals surface area (Å²) in [5.41, 5.74) is 9.96. The summed E-state index contributed by atoms with van der Waals surface area (Å²) in [4.78, 5) is 35.9. The van der Waals surface area contributed by atoms with Gasteiger partial charge in [0, 0.05) is 62.6 Å². The number of rotatable bonds is 14. The van der Waals surface area contributed by atoms with E-state index in [-0.39, 0.29) is 30.2 Å². The van der Waals surface area contributed by atoms with Gasteiger partial charge in [0.2, 0.25) is 0 Å². The molecule has 19 heteroatoms. The van der Waals surface area contributed by atoms with Crippen LogP contribution in [0.1, 0.15) is 43.5 Å². The molecular formula is C45H74ClN7O11. The first-order valence-electron chi connectivity index (χ1n) is 19.7. The number of nitro groups is 3. The number of aliphatic hydroxyl groups is 1. The third kappa shape index (κ3) is 33.8. The number of aromatic hydroxyl groups is 1. The molecule has 0 spiro atoms. The van der Waals surface area contributed by atoms with Gasteiger partial charge in [0.1, 0.15) is 36.2 Å². The second-order valence-electron chi connectivity index (χ2n) is 13.9. The highest BCUT2D eigenvalue weighted by molar-refractivity contribution is 6.18. The van der Waals surface area contributed by atoms with Gasteiger partial charge in [-0.05, 0) is 123 Å². The van der Waals surface area contributed by atoms with Gasteiger partial charge in [0.05, 0.1) is 40.1 Å². The topological polar surface area (TPSA) is 233 Å². The molecule has 4 N–H and O–H groups in total. The van der Waals surface area contributed by atoms with Gasteiger partial charge in [-0.2, -0.15) is 0 Å². The summed E-state index contributed by atoms with van der Waals surface area (Å²) in [7, 11) is 14.4. The Morgan fingerprint density at radius 3 is 1.20 bits per heavy atom. The van der Waals surface area contributed by atoms with Crippen molar-refractivity contribution < 1.29 is 39.2 Å². The van der Waals surface area contributed by atoms with E-state index < -0.39 is 14.8 Å². The first-order valence-corrected chi connectivity index (χ1v) is 20.2. The van der Waals surface area contributed by atoms with Crippen LogP contribution in [0.15, 0.2) is 72.8 Å². The Bertz CT molecular complexity index is 1860. The van der Waals surface area contributed by atoms with Crippen LogP contribution in [-0.2, 0) is 0 Å². The Balaban J connectivity index is -0.000000351. The van der Waals surface area contributed by atoms with E-state index >= 15 is 0 Å². The molecule has 0 heterocycles. The van der Waals surface area contributed by atoms with Crippen LogP contribution in [0.2, 0.25) is 0 Å². The van der Waals surface area contributed by atoms with Crippen molar-refractivity contribution in [2.24, 2.45) is 0 Å². The fourth-order valence-corrected chi connectivity index (χ4v) is 4.78. The lowest BCUT2D eigenvalue weighted by molar-refractivity contribution is -0.385. The molecule has 0 fully saturated rings. The van der Waals surface area contributed by atoms with Gasteiger partial charge in [-0.25, -0.2) is 0 Å². The fraction of sp³-hybridized carbons (Fsp3) is 0.467. The predicted molar refractivity (Wildman–Crippen MR) is 261 cm³/mol. The zero-order valence-corrected chi connectivity index (χ0v) is 40.1. The molecule has 0 unspecified atom stereocenters. The number of hydrogen-bond donors (Lipinski definition) is 3. The third-order valence-electron chi connectivity index (χ3n) is 7.21. The third-order valence-corrected chi connectivity index (χ3v) is 7.37. The summed E-state index contributed by atoms with van der Waals surface area (Å²) in [6.45, 7) is 15.2. The number of phenols is 1. The van der Waals surface area contributed by atoms with Gasteiger partial charge in [0.25, 0.3) is 17.1 Å². The van der Waals surface area contributed by atoms with E-state index in [1.165, 1.54) is 43.5 Å². The smallest absolute Gasteiger partial charge is 0.273 e. The normalized spacial score (nSPS) is 9.48. The number of nitrogens with two attached hydrogens (primary N) is 1. The second kappa shape index (κ2) is 37.7. The van der Waals surface area contributed by atoms with E-state index in [9.17, 15) is 30.3 Å². The molecule has 0 atom stereocenters. The number of nitrogens with zero attached hydrogens (tertiary/aromatic N) is 6. The quantitative estimate of drug-likeness (QED) is 0.0463. The molecule has 0 saturated heterocycles. The molecule has 4 aromatic rings. The summed E-state index contributed by atoms with van der Waals surface area (Å²) in [5, 5.41) is 47.1. The van der Waals surface area contributed by atoms with Crippen molar-refractivity contribution in [3.8, 4) is 23.0 Å². The number of methoxy groups -OCH3 is 1. The molecule has 0 amide bonds. The van der Waals surface area contributed by atoms with Crippen molar-refractivity contribution in [1.82, 2.24) is 14.7 Å². The molecule has 64 heavy (non-hydrogen) atoms. The van der Waals surface area contributed by atoms with Crippen LogP contribution in [0, 0.1) is 58.0 Å². The Morgan fingerprint density at radius 2 is 0.891 bits per heavy atom. The summed E-state index contributed by atoms with van der Waals surface area (Å²) >= 11 is 5.35. The van der Waals surface area contributed by atoms with Crippen molar-refractivity contribution in [2.75, 3.05) is 101 Å². The number of nitro benzene ring substituents is 3. The number of anilines is 1.